The molecule has 1 aliphatic heterocycles. The predicted molar refractivity (Wildman–Crippen MR) is 141 cm³/mol. The van der Waals surface area contributed by atoms with E-state index in [9.17, 15) is 14.7 Å². The number of fused-ring (bicyclic) bond motifs is 1. The molecule has 3 aromatic carbocycles. The van der Waals surface area contributed by atoms with E-state index in [1.54, 1.807) is 23.1 Å². The van der Waals surface area contributed by atoms with Crippen molar-refractivity contribution in [2.24, 2.45) is 0 Å². The summed E-state index contributed by atoms with van der Waals surface area (Å²) in [5.74, 6) is -0.773. The Morgan fingerprint density at radius 1 is 0.971 bits per heavy atom. The number of ketones is 1. The molecular formula is C30H32ClNO3. The summed E-state index contributed by atoms with van der Waals surface area (Å²) in [4.78, 5) is 28.8. The van der Waals surface area contributed by atoms with E-state index in [4.69, 9.17) is 11.6 Å². The summed E-state index contributed by atoms with van der Waals surface area (Å²) in [7, 11) is 0. The van der Waals surface area contributed by atoms with Gasteiger partial charge in [0, 0.05) is 16.1 Å². The van der Waals surface area contributed by atoms with Gasteiger partial charge in [0.25, 0.3) is 5.91 Å². The Bertz CT molecular complexity index is 1300. The van der Waals surface area contributed by atoms with Crippen molar-refractivity contribution in [2.75, 3.05) is 4.90 Å². The summed E-state index contributed by atoms with van der Waals surface area (Å²) in [6, 6.07) is 17.0. The fourth-order valence-corrected chi connectivity index (χ4v) is 5.06. The van der Waals surface area contributed by atoms with Gasteiger partial charge in [0.15, 0.2) is 11.4 Å². The Kier molecular flexibility index (Phi) is 6.41. The van der Waals surface area contributed by atoms with Crippen molar-refractivity contribution in [3.05, 3.63) is 98.6 Å². The molecule has 0 radical (unpaired) electrons. The summed E-state index contributed by atoms with van der Waals surface area (Å²) in [6.45, 7) is 12.5. The van der Waals surface area contributed by atoms with Crippen LogP contribution in [-0.2, 0) is 22.4 Å². The second-order valence-corrected chi connectivity index (χ2v) is 11.2. The topological polar surface area (TPSA) is 57.6 Å². The zero-order valence-electron chi connectivity index (χ0n) is 21.2. The molecule has 1 amide bonds. The number of amides is 1. The standard InChI is InChI=1S/C30H32ClNO3/c1-18-7-9-21(10-8-18)17-32-25-12-11-23(31)15-24(25)30(35,28(32)34)16-26(33)27-19(2)13-22(14-20(27)3)29(4,5)6/h7-15,35H,16-17H2,1-6H3. The van der Waals surface area contributed by atoms with E-state index in [1.807, 2.05) is 57.2 Å². The Morgan fingerprint density at radius 2 is 1.57 bits per heavy atom. The average molecular weight is 490 g/mol. The van der Waals surface area contributed by atoms with Crippen molar-refractivity contribution < 1.29 is 14.7 Å². The number of hydrogen-bond donors (Lipinski definition) is 1. The molecule has 4 rings (SSSR count). The lowest BCUT2D eigenvalue weighted by Crippen LogP contribution is -2.41. The van der Waals surface area contributed by atoms with E-state index in [0.717, 1.165) is 27.8 Å². The minimum absolute atomic E-state index is 0.0527. The highest BCUT2D eigenvalue weighted by molar-refractivity contribution is 6.31. The number of aryl methyl sites for hydroxylation is 3. The van der Waals surface area contributed by atoms with Crippen LogP contribution in [0.25, 0.3) is 0 Å². The van der Waals surface area contributed by atoms with Gasteiger partial charge in [-0.15, -0.1) is 0 Å². The molecule has 5 heteroatoms. The second-order valence-electron chi connectivity index (χ2n) is 10.7. The molecule has 1 unspecified atom stereocenters. The van der Waals surface area contributed by atoms with Crippen LogP contribution in [0.3, 0.4) is 0 Å². The first-order chi connectivity index (χ1) is 16.3. The zero-order valence-corrected chi connectivity index (χ0v) is 22.0. The lowest BCUT2D eigenvalue weighted by molar-refractivity contribution is -0.136. The minimum atomic E-state index is -1.98. The maximum Gasteiger partial charge on any atom is 0.264 e. The van der Waals surface area contributed by atoms with Crippen LogP contribution in [0.4, 0.5) is 5.69 Å². The quantitative estimate of drug-likeness (QED) is 0.412. The molecule has 0 saturated carbocycles. The lowest BCUT2D eigenvalue weighted by atomic mass is 9.81. The van der Waals surface area contributed by atoms with Gasteiger partial charge >= 0.3 is 0 Å². The highest BCUT2D eigenvalue weighted by Crippen LogP contribution is 2.45. The third-order valence-corrected chi connectivity index (χ3v) is 7.08. The molecule has 35 heavy (non-hydrogen) atoms. The van der Waals surface area contributed by atoms with E-state index in [0.29, 0.717) is 28.4 Å². The van der Waals surface area contributed by atoms with Gasteiger partial charge in [-0.1, -0.05) is 74.3 Å². The second kappa shape index (κ2) is 8.92. The molecular weight excluding hydrogens is 458 g/mol. The van der Waals surface area contributed by atoms with Crippen LogP contribution >= 0.6 is 11.6 Å². The molecule has 0 saturated heterocycles. The van der Waals surface area contributed by atoms with E-state index in [-0.39, 0.29) is 17.6 Å². The van der Waals surface area contributed by atoms with Crippen LogP contribution in [0, 0.1) is 20.8 Å². The molecule has 0 aromatic heterocycles. The fraction of sp³-hybridized carbons (Fsp3) is 0.333. The molecule has 1 atom stereocenters. The molecule has 1 aliphatic rings. The number of anilines is 1. The molecule has 0 fully saturated rings. The summed E-state index contributed by atoms with van der Waals surface area (Å²) in [5, 5.41) is 12.2. The highest BCUT2D eigenvalue weighted by atomic mass is 35.5. The van der Waals surface area contributed by atoms with Crippen molar-refractivity contribution >= 4 is 29.0 Å². The van der Waals surface area contributed by atoms with Gasteiger partial charge in [0.1, 0.15) is 0 Å². The number of nitrogens with zero attached hydrogens (tertiary/aromatic N) is 1. The highest BCUT2D eigenvalue weighted by Gasteiger charge is 2.51. The first-order valence-corrected chi connectivity index (χ1v) is 12.2. The molecule has 1 heterocycles. The third kappa shape index (κ3) is 4.65. The van der Waals surface area contributed by atoms with Crippen LogP contribution in [0.15, 0.2) is 54.6 Å². The van der Waals surface area contributed by atoms with Crippen LogP contribution in [0.5, 0.6) is 0 Å². The van der Waals surface area contributed by atoms with E-state index in [1.165, 1.54) is 0 Å². The molecule has 182 valence electrons. The summed E-state index contributed by atoms with van der Waals surface area (Å²) in [6.07, 6.45) is -0.347. The molecule has 1 N–H and O–H groups in total. The molecule has 3 aromatic rings. The number of carbonyl (C=O) groups is 2. The maximum atomic E-state index is 13.7. The number of rotatable bonds is 5. The third-order valence-electron chi connectivity index (χ3n) is 6.85. The Labute approximate surface area is 212 Å². The van der Waals surface area contributed by atoms with Gasteiger partial charge in [0.05, 0.1) is 18.7 Å². The smallest absolute Gasteiger partial charge is 0.264 e. The van der Waals surface area contributed by atoms with Crippen molar-refractivity contribution in [1.29, 1.82) is 0 Å². The number of halogens is 1. The van der Waals surface area contributed by atoms with Gasteiger partial charge in [0.2, 0.25) is 0 Å². The Hall–Kier alpha value is -2.95. The van der Waals surface area contributed by atoms with Crippen molar-refractivity contribution in [3.63, 3.8) is 0 Å². The van der Waals surface area contributed by atoms with Crippen molar-refractivity contribution in [1.82, 2.24) is 0 Å². The number of aliphatic hydroxyl groups is 1. The van der Waals surface area contributed by atoms with Crippen LogP contribution < -0.4 is 4.90 Å². The van der Waals surface area contributed by atoms with Gasteiger partial charge in [-0.2, -0.15) is 0 Å². The van der Waals surface area contributed by atoms with E-state index in [2.05, 4.69) is 20.8 Å². The number of benzene rings is 3. The van der Waals surface area contributed by atoms with Crippen molar-refractivity contribution in [2.45, 2.75) is 65.5 Å². The summed E-state index contributed by atoms with van der Waals surface area (Å²) < 4.78 is 0. The average Bonchev–Trinajstić information content (AvgIpc) is 2.95. The molecule has 0 bridgehead atoms. The van der Waals surface area contributed by atoms with Crippen molar-refractivity contribution in [3.8, 4) is 0 Å². The lowest BCUT2D eigenvalue weighted by Gasteiger charge is -2.25. The number of carbonyl (C=O) groups excluding carboxylic acids is 2. The maximum absolute atomic E-state index is 13.7. The van der Waals surface area contributed by atoms with Gasteiger partial charge in [-0.3, -0.25) is 9.59 Å². The fourth-order valence-electron chi connectivity index (χ4n) is 4.88. The Balaban J connectivity index is 1.72. The van der Waals surface area contributed by atoms with Gasteiger partial charge in [-0.25, -0.2) is 0 Å². The summed E-state index contributed by atoms with van der Waals surface area (Å²) in [5.41, 5.74) is 4.36. The predicted octanol–water partition coefficient (Wildman–Crippen LogP) is 6.57. The van der Waals surface area contributed by atoms with Gasteiger partial charge in [-0.05, 0) is 66.6 Å². The minimum Gasteiger partial charge on any atom is -0.375 e. The SMILES string of the molecule is Cc1ccc(CN2C(=O)C(O)(CC(=O)c3c(C)cc(C(C)(C)C)cc3C)c3cc(Cl)ccc32)cc1. The largest absolute Gasteiger partial charge is 0.375 e. The van der Waals surface area contributed by atoms with Gasteiger partial charge < -0.3 is 10.0 Å². The Morgan fingerprint density at radius 3 is 2.14 bits per heavy atom. The number of hydrogen-bond acceptors (Lipinski definition) is 3. The number of Topliss-reactive ketones (excluding diaryl/α,β-unsaturated/α-hetero) is 1. The van der Waals surface area contributed by atoms with Crippen LogP contribution in [-0.4, -0.2) is 16.8 Å². The molecule has 0 spiro atoms. The van der Waals surface area contributed by atoms with Crippen LogP contribution in [0.2, 0.25) is 5.02 Å². The van der Waals surface area contributed by atoms with Crippen LogP contribution in [0.1, 0.15) is 70.9 Å². The molecule has 4 nitrogen and oxygen atoms in total. The first-order valence-electron chi connectivity index (χ1n) is 11.9. The summed E-state index contributed by atoms with van der Waals surface area (Å²) >= 11 is 6.26. The first kappa shape index (κ1) is 25.2. The molecule has 0 aliphatic carbocycles. The monoisotopic (exact) mass is 489 g/mol. The van der Waals surface area contributed by atoms with E-state index < -0.39 is 11.5 Å². The zero-order chi connectivity index (χ0) is 25.7. The van der Waals surface area contributed by atoms with E-state index >= 15 is 0 Å². The normalized spacial score (nSPS) is 17.6.